The highest BCUT2D eigenvalue weighted by Crippen LogP contribution is 2.17. The summed E-state index contributed by atoms with van der Waals surface area (Å²) < 4.78 is 5.29. The van der Waals surface area contributed by atoms with Crippen LogP contribution >= 0.6 is 0 Å². The number of rotatable bonds is 5. The number of carbonyl (C=O) groups excluding carboxylic acids is 2. The second kappa shape index (κ2) is 7.79. The molecule has 0 radical (unpaired) electrons. The van der Waals surface area contributed by atoms with Gasteiger partial charge in [0.1, 0.15) is 11.8 Å². The van der Waals surface area contributed by atoms with Crippen molar-refractivity contribution in [2.45, 2.75) is 19.4 Å². The van der Waals surface area contributed by atoms with Crippen molar-refractivity contribution in [1.29, 1.82) is 0 Å². The maximum atomic E-state index is 12.2. The Labute approximate surface area is 130 Å². The largest absolute Gasteiger partial charge is 0.496 e. The predicted molar refractivity (Wildman–Crippen MR) is 83.8 cm³/mol. The van der Waals surface area contributed by atoms with Crippen LogP contribution in [-0.4, -0.2) is 56.0 Å². The first-order valence-corrected chi connectivity index (χ1v) is 7.50. The summed E-state index contributed by atoms with van der Waals surface area (Å²) in [5, 5.41) is 6.06. The molecule has 0 unspecified atom stereocenters. The Bertz CT molecular complexity index is 533. The third-order valence-electron chi connectivity index (χ3n) is 3.82. The number of nitrogens with zero attached hydrogens (tertiary/aromatic N) is 1. The topological polar surface area (TPSA) is 70.7 Å². The summed E-state index contributed by atoms with van der Waals surface area (Å²) >= 11 is 0. The summed E-state index contributed by atoms with van der Waals surface area (Å²) in [5.41, 5.74) is 1.06. The monoisotopic (exact) mass is 305 g/mol. The van der Waals surface area contributed by atoms with Gasteiger partial charge >= 0.3 is 0 Å². The van der Waals surface area contributed by atoms with E-state index in [1.165, 1.54) is 6.92 Å². The molecule has 22 heavy (non-hydrogen) atoms. The fourth-order valence-electron chi connectivity index (χ4n) is 2.56. The van der Waals surface area contributed by atoms with E-state index in [-0.39, 0.29) is 17.9 Å². The van der Waals surface area contributed by atoms with Crippen LogP contribution < -0.4 is 15.4 Å². The standard InChI is InChI=1S/C16H23N3O3/c1-12(20)19-10-9-17-14(11-19)16(21)18-8-7-13-5-3-4-6-15(13)22-2/h3-6,14,17H,7-11H2,1-2H3,(H,18,21)/t14-/m1/s1. The zero-order chi connectivity index (χ0) is 15.9. The lowest BCUT2D eigenvalue weighted by Gasteiger charge is -2.32. The minimum Gasteiger partial charge on any atom is -0.496 e. The van der Waals surface area contributed by atoms with Gasteiger partial charge in [-0.25, -0.2) is 0 Å². The fraction of sp³-hybridized carbons (Fsp3) is 0.500. The molecule has 2 N–H and O–H groups in total. The van der Waals surface area contributed by atoms with Gasteiger partial charge < -0.3 is 20.3 Å². The Morgan fingerprint density at radius 2 is 2.18 bits per heavy atom. The van der Waals surface area contributed by atoms with Gasteiger partial charge in [-0.3, -0.25) is 9.59 Å². The molecule has 6 heteroatoms. The van der Waals surface area contributed by atoms with E-state index in [1.807, 2.05) is 24.3 Å². The molecule has 0 aromatic heterocycles. The van der Waals surface area contributed by atoms with Crippen LogP contribution in [0, 0.1) is 0 Å². The van der Waals surface area contributed by atoms with Crippen molar-refractivity contribution >= 4 is 11.8 Å². The lowest BCUT2D eigenvalue weighted by molar-refractivity contribution is -0.132. The first kappa shape index (κ1) is 16.3. The van der Waals surface area contributed by atoms with Crippen molar-refractivity contribution in [2.24, 2.45) is 0 Å². The van der Waals surface area contributed by atoms with Crippen molar-refractivity contribution in [3.63, 3.8) is 0 Å². The van der Waals surface area contributed by atoms with Crippen molar-refractivity contribution in [3.05, 3.63) is 29.8 Å². The Hall–Kier alpha value is -2.08. The molecule has 1 aliphatic heterocycles. The van der Waals surface area contributed by atoms with E-state index >= 15 is 0 Å². The Kier molecular flexibility index (Phi) is 5.77. The number of para-hydroxylation sites is 1. The second-order valence-electron chi connectivity index (χ2n) is 5.32. The molecule has 0 spiro atoms. The van der Waals surface area contributed by atoms with Gasteiger partial charge in [0, 0.05) is 33.1 Å². The number of benzene rings is 1. The van der Waals surface area contributed by atoms with Crippen LogP contribution in [0.1, 0.15) is 12.5 Å². The van der Waals surface area contributed by atoms with E-state index in [0.717, 1.165) is 11.3 Å². The van der Waals surface area contributed by atoms with E-state index in [1.54, 1.807) is 12.0 Å². The number of amides is 2. The molecule has 0 saturated carbocycles. The van der Waals surface area contributed by atoms with Crippen LogP contribution in [0.15, 0.2) is 24.3 Å². The normalized spacial score (nSPS) is 17.9. The number of carbonyl (C=O) groups is 2. The van der Waals surface area contributed by atoms with Crippen molar-refractivity contribution in [3.8, 4) is 5.75 Å². The summed E-state index contributed by atoms with van der Waals surface area (Å²) in [7, 11) is 1.64. The van der Waals surface area contributed by atoms with Crippen LogP contribution in [-0.2, 0) is 16.0 Å². The molecule has 1 atom stereocenters. The Morgan fingerprint density at radius 1 is 1.41 bits per heavy atom. The minimum absolute atomic E-state index is 0.00771. The number of ether oxygens (including phenoxy) is 1. The number of methoxy groups -OCH3 is 1. The molecular weight excluding hydrogens is 282 g/mol. The number of piperazine rings is 1. The third-order valence-corrected chi connectivity index (χ3v) is 3.82. The summed E-state index contributed by atoms with van der Waals surface area (Å²) in [6.07, 6.45) is 0.707. The maximum Gasteiger partial charge on any atom is 0.238 e. The smallest absolute Gasteiger partial charge is 0.238 e. The average molecular weight is 305 g/mol. The molecule has 1 aromatic carbocycles. The number of nitrogens with one attached hydrogen (secondary N) is 2. The van der Waals surface area contributed by atoms with Crippen LogP contribution in [0.3, 0.4) is 0 Å². The van der Waals surface area contributed by atoms with Gasteiger partial charge in [-0.05, 0) is 18.1 Å². The molecule has 2 rings (SSSR count). The predicted octanol–water partition coefficient (Wildman–Crippen LogP) is 0.174. The maximum absolute atomic E-state index is 12.2. The SMILES string of the molecule is COc1ccccc1CCNC(=O)[C@H]1CN(C(C)=O)CCN1. The summed E-state index contributed by atoms with van der Waals surface area (Å²) in [5.74, 6) is 0.768. The van der Waals surface area contributed by atoms with Gasteiger partial charge in [0.25, 0.3) is 0 Å². The second-order valence-corrected chi connectivity index (χ2v) is 5.32. The van der Waals surface area contributed by atoms with Gasteiger partial charge in [0.15, 0.2) is 0 Å². The molecule has 0 aliphatic carbocycles. The molecule has 120 valence electrons. The first-order chi connectivity index (χ1) is 10.6. The lowest BCUT2D eigenvalue weighted by Crippen LogP contribution is -2.58. The number of hydrogen-bond donors (Lipinski definition) is 2. The molecular formula is C16H23N3O3. The molecule has 1 saturated heterocycles. The van der Waals surface area contributed by atoms with Crippen molar-refractivity contribution in [2.75, 3.05) is 33.3 Å². The van der Waals surface area contributed by atoms with Gasteiger partial charge in [0.05, 0.1) is 7.11 Å². The molecule has 2 amide bonds. The highest BCUT2D eigenvalue weighted by Gasteiger charge is 2.26. The molecule has 1 aliphatic rings. The zero-order valence-corrected chi connectivity index (χ0v) is 13.1. The van der Waals surface area contributed by atoms with Gasteiger partial charge in [-0.15, -0.1) is 0 Å². The summed E-state index contributed by atoms with van der Waals surface area (Å²) in [4.78, 5) is 25.3. The first-order valence-electron chi connectivity index (χ1n) is 7.50. The van der Waals surface area contributed by atoms with Gasteiger partial charge in [-0.2, -0.15) is 0 Å². The highest BCUT2D eigenvalue weighted by atomic mass is 16.5. The molecule has 1 heterocycles. The molecule has 1 aromatic rings. The van der Waals surface area contributed by atoms with E-state index in [4.69, 9.17) is 4.74 Å². The van der Waals surface area contributed by atoms with E-state index in [9.17, 15) is 9.59 Å². The molecule has 0 bridgehead atoms. The third kappa shape index (κ3) is 4.21. The van der Waals surface area contributed by atoms with Crippen LogP contribution in [0.25, 0.3) is 0 Å². The van der Waals surface area contributed by atoms with E-state index in [2.05, 4.69) is 10.6 Å². The van der Waals surface area contributed by atoms with Crippen LogP contribution in [0.5, 0.6) is 5.75 Å². The van der Waals surface area contributed by atoms with E-state index in [0.29, 0.717) is 32.6 Å². The Morgan fingerprint density at radius 3 is 2.91 bits per heavy atom. The molecule has 1 fully saturated rings. The number of hydrogen-bond acceptors (Lipinski definition) is 4. The van der Waals surface area contributed by atoms with Crippen molar-refractivity contribution < 1.29 is 14.3 Å². The zero-order valence-electron chi connectivity index (χ0n) is 13.1. The minimum atomic E-state index is -0.338. The van der Waals surface area contributed by atoms with Gasteiger partial charge in [-0.1, -0.05) is 18.2 Å². The molecule has 6 nitrogen and oxygen atoms in total. The van der Waals surface area contributed by atoms with Crippen LogP contribution in [0.2, 0.25) is 0 Å². The summed E-state index contributed by atoms with van der Waals surface area (Å²) in [6.45, 7) is 3.79. The van der Waals surface area contributed by atoms with E-state index < -0.39 is 0 Å². The van der Waals surface area contributed by atoms with Crippen molar-refractivity contribution in [1.82, 2.24) is 15.5 Å². The summed E-state index contributed by atoms with van der Waals surface area (Å²) in [6, 6.07) is 7.43. The quantitative estimate of drug-likeness (QED) is 0.814. The average Bonchev–Trinajstić information content (AvgIpc) is 2.55. The van der Waals surface area contributed by atoms with Crippen LogP contribution in [0.4, 0.5) is 0 Å². The Balaban J connectivity index is 1.81. The fourth-order valence-corrected chi connectivity index (χ4v) is 2.56. The van der Waals surface area contributed by atoms with Gasteiger partial charge in [0.2, 0.25) is 11.8 Å². The highest BCUT2D eigenvalue weighted by molar-refractivity contribution is 5.83. The lowest BCUT2D eigenvalue weighted by atomic mass is 10.1.